The molecule has 0 aliphatic heterocycles. The summed E-state index contributed by atoms with van der Waals surface area (Å²) in [5, 5.41) is 0. The van der Waals surface area contributed by atoms with E-state index < -0.39 is 0 Å². The standard InChI is InChI=1S/C26H29N/c1-4-17-26(18-5-2)24-14-10-9-13-22(24)23-16-15-21(19-25(23)26)27(3)20-11-7-6-8-12-20/h6-16,19H,4-5,17-18H2,1-3H3. The fraction of sp³-hybridized carbons (Fsp3) is 0.308. The van der Waals surface area contributed by atoms with Gasteiger partial charge < -0.3 is 4.90 Å². The molecule has 3 aromatic rings. The summed E-state index contributed by atoms with van der Waals surface area (Å²) in [6.45, 7) is 4.63. The number of para-hydroxylation sites is 1. The second-order valence-corrected chi connectivity index (χ2v) is 7.75. The highest BCUT2D eigenvalue weighted by atomic mass is 15.1. The summed E-state index contributed by atoms with van der Waals surface area (Å²) >= 11 is 0. The molecule has 0 bridgehead atoms. The highest BCUT2D eigenvalue weighted by molar-refractivity contribution is 5.83. The largest absolute Gasteiger partial charge is 0.345 e. The van der Waals surface area contributed by atoms with Crippen molar-refractivity contribution in [3.63, 3.8) is 0 Å². The van der Waals surface area contributed by atoms with Crippen molar-refractivity contribution in [2.24, 2.45) is 0 Å². The molecule has 0 saturated heterocycles. The van der Waals surface area contributed by atoms with Gasteiger partial charge in [0.05, 0.1) is 0 Å². The first-order chi connectivity index (χ1) is 13.2. The molecule has 0 spiro atoms. The first-order valence-electron chi connectivity index (χ1n) is 10.2. The van der Waals surface area contributed by atoms with Crippen LogP contribution >= 0.6 is 0 Å². The van der Waals surface area contributed by atoms with E-state index in [1.54, 1.807) is 0 Å². The quantitative estimate of drug-likeness (QED) is 0.447. The zero-order valence-corrected chi connectivity index (χ0v) is 16.7. The maximum Gasteiger partial charge on any atom is 0.0411 e. The Kier molecular flexibility index (Phi) is 4.78. The molecule has 1 heteroatoms. The van der Waals surface area contributed by atoms with Gasteiger partial charge in [-0.3, -0.25) is 0 Å². The average Bonchev–Trinajstić information content (AvgIpc) is 2.98. The highest BCUT2D eigenvalue weighted by Gasteiger charge is 2.41. The Labute approximate surface area is 163 Å². The first kappa shape index (κ1) is 17.9. The van der Waals surface area contributed by atoms with E-state index in [1.165, 1.54) is 59.3 Å². The monoisotopic (exact) mass is 355 g/mol. The van der Waals surface area contributed by atoms with Crippen LogP contribution in [0.25, 0.3) is 11.1 Å². The third kappa shape index (κ3) is 2.86. The van der Waals surface area contributed by atoms with Crippen molar-refractivity contribution in [1.82, 2.24) is 0 Å². The Morgan fingerprint density at radius 3 is 2.00 bits per heavy atom. The second-order valence-electron chi connectivity index (χ2n) is 7.75. The van der Waals surface area contributed by atoms with E-state index in [2.05, 4.69) is 98.6 Å². The summed E-state index contributed by atoms with van der Waals surface area (Å²) in [6, 6.07) is 26.8. The van der Waals surface area contributed by atoms with E-state index in [9.17, 15) is 0 Å². The number of nitrogens with zero attached hydrogens (tertiary/aromatic N) is 1. The molecule has 0 atom stereocenters. The van der Waals surface area contributed by atoms with Gasteiger partial charge in [-0.1, -0.05) is 75.2 Å². The van der Waals surface area contributed by atoms with Crippen LogP contribution in [0.15, 0.2) is 72.8 Å². The fourth-order valence-corrected chi connectivity index (χ4v) is 4.97. The van der Waals surface area contributed by atoms with Crippen LogP contribution in [-0.4, -0.2) is 7.05 Å². The van der Waals surface area contributed by atoms with Gasteiger partial charge in [0.1, 0.15) is 0 Å². The number of benzene rings is 3. The van der Waals surface area contributed by atoms with Gasteiger partial charge in [-0.15, -0.1) is 0 Å². The molecule has 4 rings (SSSR count). The predicted octanol–water partition coefficient (Wildman–Crippen LogP) is 7.32. The Balaban J connectivity index is 1.87. The van der Waals surface area contributed by atoms with Gasteiger partial charge in [0.25, 0.3) is 0 Å². The van der Waals surface area contributed by atoms with Gasteiger partial charge in [0.15, 0.2) is 0 Å². The van der Waals surface area contributed by atoms with Crippen molar-refractivity contribution >= 4 is 11.4 Å². The molecule has 0 saturated carbocycles. The number of hydrogen-bond acceptors (Lipinski definition) is 1. The molecule has 1 nitrogen and oxygen atoms in total. The lowest BCUT2D eigenvalue weighted by Gasteiger charge is -2.32. The fourth-order valence-electron chi connectivity index (χ4n) is 4.97. The number of rotatable bonds is 6. The molecule has 1 aliphatic carbocycles. The second kappa shape index (κ2) is 7.23. The molecule has 0 fully saturated rings. The van der Waals surface area contributed by atoms with E-state index in [0.29, 0.717) is 0 Å². The van der Waals surface area contributed by atoms with Crippen molar-refractivity contribution in [2.75, 3.05) is 11.9 Å². The molecule has 0 radical (unpaired) electrons. The Morgan fingerprint density at radius 2 is 1.30 bits per heavy atom. The molecule has 138 valence electrons. The lowest BCUT2D eigenvalue weighted by Crippen LogP contribution is -2.25. The molecule has 0 N–H and O–H groups in total. The number of hydrogen-bond donors (Lipinski definition) is 0. The molecule has 0 heterocycles. The van der Waals surface area contributed by atoms with Gasteiger partial charge in [0.2, 0.25) is 0 Å². The first-order valence-corrected chi connectivity index (χ1v) is 10.2. The summed E-state index contributed by atoms with van der Waals surface area (Å²) in [6.07, 6.45) is 4.83. The number of fused-ring (bicyclic) bond motifs is 3. The zero-order chi connectivity index (χ0) is 18.9. The normalized spacial score (nSPS) is 13.9. The third-order valence-corrected chi connectivity index (χ3v) is 6.14. The minimum atomic E-state index is 0.156. The smallest absolute Gasteiger partial charge is 0.0411 e. The average molecular weight is 356 g/mol. The van der Waals surface area contributed by atoms with Gasteiger partial charge in [-0.2, -0.15) is 0 Å². The van der Waals surface area contributed by atoms with Crippen LogP contribution in [-0.2, 0) is 5.41 Å². The maximum atomic E-state index is 2.45. The molecule has 3 aromatic carbocycles. The third-order valence-electron chi connectivity index (χ3n) is 6.14. The minimum Gasteiger partial charge on any atom is -0.345 e. The molecular weight excluding hydrogens is 326 g/mol. The van der Waals surface area contributed by atoms with Gasteiger partial charge in [-0.25, -0.2) is 0 Å². The Bertz CT molecular complexity index is 920. The topological polar surface area (TPSA) is 3.24 Å². The van der Waals surface area contributed by atoms with Gasteiger partial charge in [0, 0.05) is 23.8 Å². The van der Waals surface area contributed by atoms with E-state index in [1.807, 2.05) is 0 Å². The summed E-state index contributed by atoms with van der Waals surface area (Å²) in [7, 11) is 2.17. The van der Waals surface area contributed by atoms with Crippen LogP contribution in [0.5, 0.6) is 0 Å². The molecule has 1 aliphatic rings. The summed E-state index contributed by atoms with van der Waals surface area (Å²) in [5.74, 6) is 0. The lowest BCUT2D eigenvalue weighted by atomic mass is 9.71. The van der Waals surface area contributed by atoms with Crippen LogP contribution in [0.4, 0.5) is 11.4 Å². The summed E-state index contributed by atoms with van der Waals surface area (Å²) in [5.41, 5.74) is 8.56. The maximum absolute atomic E-state index is 2.45. The van der Waals surface area contributed by atoms with E-state index in [4.69, 9.17) is 0 Å². The number of anilines is 2. The molecular formula is C26H29N. The lowest BCUT2D eigenvalue weighted by molar-refractivity contribution is 0.436. The van der Waals surface area contributed by atoms with Crippen LogP contribution in [0.1, 0.15) is 50.7 Å². The molecule has 0 aromatic heterocycles. The highest BCUT2D eigenvalue weighted by Crippen LogP contribution is 2.54. The van der Waals surface area contributed by atoms with Crippen molar-refractivity contribution in [3.8, 4) is 11.1 Å². The van der Waals surface area contributed by atoms with Crippen molar-refractivity contribution in [3.05, 3.63) is 83.9 Å². The summed E-state index contributed by atoms with van der Waals surface area (Å²) < 4.78 is 0. The van der Waals surface area contributed by atoms with E-state index in [0.717, 1.165) is 0 Å². The molecule has 0 amide bonds. The van der Waals surface area contributed by atoms with E-state index >= 15 is 0 Å². The Morgan fingerprint density at radius 1 is 0.667 bits per heavy atom. The van der Waals surface area contributed by atoms with E-state index in [-0.39, 0.29) is 5.41 Å². The SMILES string of the molecule is CCCC1(CCC)c2ccccc2-c2ccc(N(C)c3ccccc3)cc21. The minimum absolute atomic E-state index is 0.156. The van der Waals surface area contributed by atoms with Crippen LogP contribution < -0.4 is 4.90 Å². The predicted molar refractivity (Wildman–Crippen MR) is 117 cm³/mol. The van der Waals surface area contributed by atoms with Crippen LogP contribution in [0.2, 0.25) is 0 Å². The van der Waals surface area contributed by atoms with Crippen LogP contribution in [0, 0.1) is 0 Å². The van der Waals surface area contributed by atoms with Crippen molar-refractivity contribution in [2.45, 2.75) is 44.9 Å². The van der Waals surface area contributed by atoms with Gasteiger partial charge >= 0.3 is 0 Å². The van der Waals surface area contributed by atoms with Gasteiger partial charge in [-0.05, 0) is 59.4 Å². The Hall–Kier alpha value is -2.54. The zero-order valence-electron chi connectivity index (χ0n) is 16.7. The van der Waals surface area contributed by atoms with Crippen LogP contribution in [0.3, 0.4) is 0 Å². The summed E-state index contributed by atoms with van der Waals surface area (Å²) in [4.78, 5) is 2.30. The van der Waals surface area contributed by atoms with Crippen molar-refractivity contribution < 1.29 is 0 Å². The van der Waals surface area contributed by atoms with Crippen molar-refractivity contribution in [1.29, 1.82) is 0 Å². The molecule has 27 heavy (non-hydrogen) atoms. The molecule has 0 unspecified atom stereocenters.